The van der Waals surface area contributed by atoms with E-state index in [9.17, 15) is 4.79 Å². The first-order valence-corrected chi connectivity index (χ1v) is 9.81. The molecule has 0 unspecified atom stereocenters. The Morgan fingerprint density at radius 1 is 1.08 bits per heavy atom. The molecule has 0 aromatic carbocycles. The molecule has 138 valence electrons. The van der Waals surface area contributed by atoms with Crippen molar-refractivity contribution in [2.75, 3.05) is 18.4 Å². The molecule has 0 bridgehead atoms. The highest BCUT2D eigenvalue weighted by Gasteiger charge is 2.30. The number of piperidine rings is 1. The first kappa shape index (κ1) is 18.2. The highest BCUT2D eigenvalue weighted by atomic mass is 16.2. The quantitative estimate of drug-likeness (QED) is 0.907. The van der Waals surface area contributed by atoms with Gasteiger partial charge in [0.25, 0.3) is 0 Å². The monoisotopic (exact) mass is 344 g/mol. The maximum Gasteiger partial charge on any atom is 0.225 e. The van der Waals surface area contributed by atoms with Crippen molar-refractivity contribution in [3.63, 3.8) is 0 Å². The summed E-state index contributed by atoms with van der Waals surface area (Å²) in [7, 11) is 0. The van der Waals surface area contributed by atoms with Gasteiger partial charge in [-0.15, -0.1) is 0 Å². The number of carbonyl (C=O) groups excluding carboxylic acids is 1. The van der Waals surface area contributed by atoms with E-state index in [0.717, 1.165) is 50.3 Å². The van der Waals surface area contributed by atoms with Crippen LogP contribution in [0.2, 0.25) is 0 Å². The Balaban J connectivity index is 1.52. The smallest absolute Gasteiger partial charge is 0.225 e. The number of amides is 1. The van der Waals surface area contributed by atoms with Crippen molar-refractivity contribution in [2.45, 2.75) is 77.2 Å². The van der Waals surface area contributed by atoms with Crippen LogP contribution >= 0.6 is 0 Å². The Kier molecular flexibility index (Phi) is 5.60. The summed E-state index contributed by atoms with van der Waals surface area (Å²) in [4.78, 5) is 23.5. The van der Waals surface area contributed by atoms with E-state index < -0.39 is 0 Å². The molecule has 2 aliphatic rings. The Bertz CT molecular complexity index is 582. The van der Waals surface area contributed by atoms with Gasteiger partial charge in [-0.3, -0.25) is 4.79 Å². The van der Waals surface area contributed by atoms with Crippen molar-refractivity contribution in [3.05, 3.63) is 18.1 Å². The van der Waals surface area contributed by atoms with Gasteiger partial charge in [0.05, 0.1) is 5.69 Å². The Morgan fingerprint density at radius 3 is 2.40 bits per heavy atom. The van der Waals surface area contributed by atoms with Crippen molar-refractivity contribution in [1.29, 1.82) is 0 Å². The van der Waals surface area contributed by atoms with Crippen molar-refractivity contribution in [2.24, 2.45) is 5.92 Å². The second-order valence-electron chi connectivity index (χ2n) is 8.62. The highest BCUT2D eigenvalue weighted by Crippen LogP contribution is 2.29. The van der Waals surface area contributed by atoms with E-state index in [0.29, 0.717) is 11.9 Å². The lowest BCUT2D eigenvalue weighted by Gasteiger charge is -2.34. The van der Waals surface area contributed by atoms with Gasteiger partial charge in [0.1, 0.15) is 12.1 Å². The van der Waals surface area contributed by atoms with E-state index in [-0.39, 0.29) is 11.3 Å². The molecule has 1 aromatic rings. The van der Waals surface area contributed by atoms with E-state index in [2.05, 4.69) is 47.0 Å². The third-order valence-electron chi connectivity index (χ3n) is 5.53. The zero-order valence-corrected chi connectivity index (χ0v) is 15.9. The lowest BCUT2D eigenvalue weighted by Crippen LogP contribution is -2.41. The molecule has 1 saturated carbocycles. The molecule has 5 nitrogen and oxygen atoms in total. The molecule has 25 heavy (non-hydrogen) atoms. The minimum atomic E-state index is 0.0257. The molecule has 0 spiro atoms. The fourth-order valence-electron chi connectivity index (χ4n) is 3.91. The van der Waals surface area contributed by atoms with E-state index >= 15 is 0 Å². The van der Waals surface area contributed by atoms with Crippen LogP contribution in [0.25, 0.3) is 0 Å². The molecular formula is C20H32N4O. The summed E-state index contributed by atoms with van der Waals surface area (Å²) >= 11 is 0. The fraction of sp³-hybridized carbons (Fsp3) is 0.750. The zero-order valence-electron chi connectivity index (χ0n) is 15.9. The molecule has 1 N–H and O–H groups in total. The summed E-state index contributed by atoms with van der Waals surface area (Å²) in [5.74, 6) is 1.53. The topological polar surface area (TPSA) is 58.1 Å². The Hall–Kier alpha value is -1.65. The second kappa shape index (κ2) is 7.71. The van der Waals surface area contributed by atoms with Gasteiger partial charge < -0.3 is 10.2 Å². The summed E-state index contributed by atoms with van der Waals surface area (Å²) in [6.45, 7) is 8.42. The van der Waals surface area contributed by atoms with E-state index in [1.54, 1.807) is 6.33 Å². The van der Waals surface area contributed by atoms with Crippen molar-refractivity contribution in [3.8, 4) is 0 Å². The molecule has 1 aliphatic carbocycles. The van der Waals surface area contributed by atoms with Gasteiger partial charge in [-0.05, 0) is 44.9 Å². The molecule has 2 heterocycles. The summed E-state index contributed by atoms with van der Waals surface area (Å²) < 4.78 is 0. The molecule has 1 aromatic heterocycles. The van der Waals surface area contributed by atoms with Crippen LogP contribution in [-0.2, 0) is 10.2 Å². The van der Waals surface area contributed by atoms with Gasteiger partial charge in [-0.25, -0.2) is 9.97 Å². The molecule has 1 amide bonds. The van der Waals surface area contributed by atoms with Crippen LogP contribution in [-0.4, -0.2) is 39.9 Å². The number of likely N-dealkylation sites (tertiary alicyclic amines) is 1. The van der Waals surface area contributed by atoms with Crippen molar-refractivity contribution < 1.29 is 4.79 Å². The van der Waals surface area contributed by atoms with E-state index in [4.69, 9.17) is 0 Å². The minimum Gasteiger partial charge on any atom is -0.367 e. The van der Waals surface area contributed by atoms with Crippen molar-refractivity contribution >= 4 is 11.7 Å². The van der Waals surface area contributed by atoms with Gasteiger partial charge >= 0.3 is 0 Å². The van der Waals surface area contributed by atoms with Crippen LogP contribution in [0.15, 0.2) is 12.4 Å². The van der Waals surface area contributed by atoms with Crippen LogP contribution in [0.1, 0.15) is 71.4 Å². The third kappa shape index (κ3) is 4.71. The van der Waals surface area contributed by atoms with Crippen LogP contribution in [0.5, 0.6) is 0 Å². The predicted molar refractivity (Wildman–Crippen MR) is 101 cm³/mol. The molecule has 0 atom stereocenters. The van der Waals surface area contributed by atoms with E-state index in [1.807, 2.05) is 0 Å². The summed E-state index contributed by atoms with van der Waals surface area (Å²) in [5.41, 5.74) is 1.08. The Morgan fingerprint density at radius 2 is 1.76 bits per heavy atom. The summed E-state index contributed by atoms with van der Waals surface area (Å²) in [5, 5.41) is 3.56. The first-order chi connectivity index (χ1) is 11.9. The number of hydrogen-bond donors (Lipinski definition) is 1. The predicted octanol–water partition coefficient (Wildman–Crippen LogP) is 3.76. The van der Waals surface area contributed by atoms with Gasteiger partial charge in [-0.1, -0.05) is 20.8 Å². The zero-order chi connectivity index (χ0) is 17.9. The number of nitrogens with zero attached hydrogens (tertiary/aromatic N) is 3. The first-order valence-electron chi connectivity index (χ1n) is 9.81. The average molecular weight is 345 g/mol. The number of anilines is 1. The van der Waals surface area contributed by atoms with Gasteiger partial charge in [0.2, 0.25) is 5.91 Å². The maximum absolute atomic E-state index is 12.7. The maximum atomic E-state index is 12.7. The van der Waals surface area contributed by atoms with Crippen LogP contribution in [0.4, 0.5) is 5.82 Å². The van der Waals surface area contributed by atoms with Crippen molar-refractivity contribution in [1.82, 2.24) is 14.9 Å². The number of nitrogens with one attached hydrogen (secondary N) is 1. The van der Waals surface area contributed by atoms with Crippen LogP contribution in [0.3, 0.4) is 0 Å². The molecular weight excluding hydrogens is 312 g/mol. The Labute approximate surface area is 151 Å². The van der Waals surface area contributed by atoms with Gasteiger partial charge in [0.15, 0.2) is 0 Å². The number of carbonyl (C=O) groups is 1. The van der Waals surface area contributed by atoms with E-state index in [1.165, 1.54) is 19.3 Å². The second-order valence-corrected chi connectivity index (χ2v) is 8.62. The minimum absolute atomic E-state index is 0.0257. The molecule has 5 heteroatoms. The van der Waals surface area contributed by atoms with Gasteiger partial charge in [0, 0.05) is 36.5 Å². The lowest BCUT2D eigenvalue weighted by molar-refractivity contribution is -0.137. The van der Waals surface area contributed by atoms with Crippen LogP contribution in [0, 0.1) is 5.92 Å². The molecule has 0 radical (unpaired) electrons. The summed E-state index contributed by atoms with van der Waals surface area (Å²) in [6.07, 6.45) is 9.33. The number of aromatic nitrogens is 2. The standard InChI is InChI=1S/C20H32N4O/c1-20(2,3)17-13-18(22-14-21-17)23-16-9-7-15(8-10-16)19(25)24-11-5-4-6-12-24/h13-16H,4-12H2,1-3H3,(H,21,22,23)/t15-,16-. The van der Waals surface area contributed by atoms with Crippen LogP contribution < -0.4 is 5.32 Å². The fourth-order valence-corrected chi connectivity index (χ4v) is 3.91. The molecule has 3 rings (SSSR count). The molecule has 2 fully saturated rings. The number of hydrogen-bond acceptors (Lipinski definition) is 4. The largest absolute Gasteiger partial charge is 0.367 e. The highest BCUT2D eigenvalue weighted by molar-refractivity contribution is 5.79. The summed E-state index contributed by atoms with van der Waals surface area (Å²) in [6, 6.07) is 2.47. The SMILES string of the molecule is CC(C)(C)c1cc(N[C@H]2CC[C@H](C(=O)N3CCCCC3)CC2)ncn1. The number of rotatable bonds is 3. The van der Waals surface area contributed by atoms with Gasteiger partial charge in [-0.2, -0.15) is 0 Å². The molecule has 1 saturated heterocycles. The lowest BCUT2D eigenvalue weighted by atomic mass is 9.84. The third-order valence-corrected chi connectivity index (χ3v) is 5.53. The molecule has 1 aliphatic heterocycles. The average Bonchev–Trinajstić information content (AvgIpc) is 2.62. The normalized spacial score (nSPS) is 24.8.